The molecule has 1 aliphatic rings. The molecule has 3 aromatic rings. The molecule has 4 rings (SSSR count). The maximum Gasteiger partial charge on any atom is 0.251 e. The Balaban J connectivity index is 1.49. The van der Waals surface area contributed by atoms with E-state index in [-0.39, 0.29) is 17.8 Å². The van der Waals surface area contributed by atoms with Crippen LogP contribution in [0, 0.1) is 5.82 Å². The molecule has 2 heterocycles. The summed E-state index contributed by atoms with van der Waals surface area (Å²) in [7, 11) is 0. The van der Waals surface area contributed by atoms with Gasteiger partial charge in [0.15, 0.2) is 0 Å². The third-order valence-electron chi connectivity index (χ3n) is 5.38. The number of hydrogen-bond donors (Lipinski definition) is 1. The molecule has 0 unspecified atom stereocenters. The van der Waals surface area contributed by atoms with Crippen molar-refractivity contribution in [1.82, 2.24) is 15.2 Å². The monoisotopic (exact) mass is 389 g/mol. The Labute approximate surface area is 170 Å². The molecule has 2 aromatic carbocycles. The van der Waals surface area contributed by atoms with Crippen LogP contribution in [-0.4, -0.2) is 35.4 Å². The van der Waals surface area contributed by atoms with Crippen molar-refractivity contribution in [2.75, 3.05) is 19.6 Å². The summed E-state index contributed by atoms with van der Waals surface area (Å²) in [6, 6.07) is 19.8. The molecule has 148 valence electrons. The van der Waals surface area contributed by atoms with E-state index in [9.17, 15) is 9.18 Å². The quantitative estimate of drug-likeness (QED) is 0.677. The Morgan fingerprint density at radius 2 is 1.83 bits per heavy atom. The van der Waals surface area contributed by atoms with Crippen LogP contribution in [0.1, 0.15) is 34.8 Å². The molecule has 1 aliphatic heterocycles. The number of carbonyl (C=O) groups excluding carboxylic acids is 1. The summed E-state index contributed by atoms with van der Waals surface area (Å²) in [5, 5.41) is 3.07. The number of pyridine rings is 1. The number of amides is 1. The summed E-state index contributed by atoms with van der Waals surface area (Å²) in [5.41, 5.74) is 3.37. The lowest BCUT2D eigenvalue weighted by atomic mass is 10.0. The lowest BCUT2D eigenvalue weighted by molar-refractivity contribution is 0.0938. The topological polar surface area (TPSA) is 45.2 Å². The van der Waals surface area contributed by atoms with Crippen molar-refractivity contribution in [2.24, 2.45) is 0 Å². The van der Waals surface area contributed by atoms with Crippen molar-refractivity contribution in [3.63, 3.8) is 0 Å². The molecule has 1 atom stereocenters. The lowest BCUT2D eigenvalue weighted by Crippen LogP contribution is -2.36. The van der Waals surface area contributed by atoms with Crippen LogP contribution in [0.4, 0.5) is 4.39 Å². The predicted octanol–water partition coefficient (Wildman–Crippen LogP) is 4.45. The zero-order valence-electron chi connectivity index (χ0n) is 16.2. The van der Waals surface area contributed by atoms with Gasteiger partial charge in [0.1, 0.15) is 5.82 Å². The molecule has 0 bridgehead atoms. The van der Waals surface area contributed by atoms with Crippen LogP contribution in [0.3, 0.4) is 0 Å². The molecule has 1 fully saturated rings. The van der Waals surface area contributed by atoms with Gasteiger partial charge in [-0.2, -0.15) is 0 Å². The van der Waals surface area contributed by atoms with Gasteiger partial charge >= 0.3 is 0 Å². The van der Waals surface area contributed by atoms with Crippen molar-refractivity contribution >= 4 is 5.91 Å². The minimum absolute atomic E-state index is 0.0426. The van der Waals surface area contributed by atoms with Gasteiger partial charge in [0.05, 0.1) is 11.7 Å². The summed E-state index contributed by atoms with van der Waals surface area (Å²) >= 11 is 0. The Morgan fingerprint density at radius 1 is 1.03 bits per heavy atom. The van der Waals surface area contributed by atoms with Crippen LogP contribution in [0.2, 0.25) is 0 Å². The van der Waals surface area contributed by atoms with Crippen molar-refractivity contribution in [3.05, 3.63) is 89.9 Å². The summed E-state index contributed by atoms with van der Waals surface area (Å²) in [4.78, 5) is 19.5. The molecule has 29 heavy (non-hydrogen) atoms. The Hall–Kier alpha value is -3.05. The van der Waals surface area contributed by atoms with E-state index in [1.165, 1.54) is 12.1 Å². The number of carbonyl (C=O) groups is 1. The molecule has 4 nitrogen and oxygen atoms in total. The van der Waals surface area contributed by atoms with Gasteiger partial charge in [-0.15, -0.1) is 0 Å². The Kier molecular flexibility index (Phi) is 5.96. The summed E-state index contributed by atoms with van der Waals surface area (Å²) in [6.07, 6.45) is 4.04. The van der Waals surface area contributed by atoms with Crippen LogP contribution in [0.15, 0.2) is 72.9 Å². The fraction of sp³-hybridized carbons (Fsp3) is 0.250. The SMILES string of the molecule is O=C(NC[C@H](c1ccc(F)cc1)N1CCCC1)c1cccc(-c2ccccn2)c1. The van der Waals surface area contributed by atoms with Crippen LogP contribution < -0.4 is 5.32 Å². The third-order valence-corrected chi connectivity index (χ3v) is 5.38. The first-order valence-electron chi connectivity index (χ1n) is 10.00. The fourth-order valence-corrected chi connectivity index (χ4v) is 3.84. The molecule has 1 amide bonds. The van der Waals surface area contributed by atoms with Gasteiger partial charge in [-0.25, -0.2) is 4.39 Å². The molecule has 0 saturated carbocycles. The van der Waals surface area contributed by atoms with E-state index in [0.29, 0.717) is 12.1 Å². The van der Waals surface area contributed by atoms with Crippen LogP contribution in [-0.2, 0) is 0 Å². The highest BCUT2D eigenvalue weighted by molar-refractivity contribution is 5.95. The molecular formula is C24H24FN3O. The average Bonchev–Trinajstić information content (AvgIpc) is 3.30. The fourth-order valence-electron chi connectivity index (χ4n) is 3.84. The molecule has 0 radical (unpaired) electrons. The number of halogens is 1. The molecule has 0 spiro atoms. The molecule has 1 aromatic heterocycles. The smallest absolute Gasteiger partial charge is 0.251 e. The normalized spacial score (nSPS) is 15.2. The first kappa shape index (κ1) is 19.3. The maximum absolute atomic E-state index is 13.4. The van der Waals surface area contributed by atoms with Crippen molar-refractivity contribution < 1.29 is 9.18 Å². The van der Waals surface area contributed by atoms with Gasteiger partial charge in [-0.3, -0.25) is 14.7 Å². The summed E-state index contributed by atoms with van der Waals surface area (Å²) in [6.45, 7) is 2.47. The minimum atomic E-state index is -0.246. The van der Waals surface area contributed by atoms with Crippen LogP contribution >= 0.6 is 0 Å². The second-order valence-electron chi connectivity index (χ2n) is 7.32. The van der Waals surface area contributed by atoms with Crippen molar-refractivity contribution in [3.8, 4) is 11.3 Å². The van der Waals surface area contributed by atoms with Crippen molar-refractivity contribution in [1.29, 1.82) is 0 Å². The molecule has 0 aliphatic carbocycles. The van der Waals surface area contributed by atoms with Crippen molar-refractivity contribution in [2.45, 2.75) is 18.9 Å². The number of aromatic nitrogens is 1. The number of hydrogen-bond acceptors (Lipinski definition) is 3. The van der Waals surface area contributed by atoms with E-state index in [1.54, 1.807) is 6.20 Å². The molecule has 5 heteroatoms. The zero-order chi connectivity index (χ0) is 20.1. The van der Waals surface area contributed by atoms with Gasteiger partial charge in [0.2, 0.25) is 0 Å². The molecular weight excluding hydrogens is 365 g/mol. The first-order valence-corrected chi connectivity index (χ1v) is 10.00. The van der Waals surface area contributed by atoms with E-state index in [4.69, 9.17) is 0 Å². The highest BCUT2D eigenvalue weighted by atomic mass is 19.1. The standard InChI is InChI=1S/C24H24FN3O/c25-21-11-9-18(10-12-21)23(28-14-3-4-15-28)17-27-24(29)20-7-5-6-19(16-20)22-8-1-2-13-26-22/h1-2,5-13,16,23H,3-4,14-15,17H2,(H,27,29)/t23-/m1/s1. The number of nitrogens with zero attached hydrogens (tertiary/aromatic N) is 2. The third kappa shape index (κ3) is 4.69. The summed E-state index contributed by atoms with van der Waals surface area (Å²) < 4.78 is 13.4. The van der Waals surface area contributed by atoms with Gasteiger partial charge in [0, 0.05) is 23.9 Å². The Bertz CT molecular complexity index is 953. The molecule has 1 N–H and O–H groups in total. The van der Waals surface area contributed by atoms with Crippen LogP contribution in [0.25, 0.3) is 11.3 Å². The van der Waals surface area contributed by atoms with Gasteiger partial charge in [0.25, 0.3) is 5.91 Å². The largest absolute Gasteiger partial charge is 0.350 e. The number of benzene rings is 2. The first-order chi connectivity index (χ1) is 14.2. The van der Waals surface area contributed by atoms with E-state index in [0.717, 1.165) is 42.8 Å². The van der Waals surface area contributed by atoms with E-state index in [1.807, 2.05) is 54.6 Å². The molecule has 1 saturated heterocycles. The van der Waals surface area contributed by atoms with E-state index in [2.05, 4.69) is 15.2 Å². The summed E-state index contributed by atoms with van der Waals surface area (Å²) in [5.74, 6) is -0.363. The zero-order valence-corrected chi connectivity index (χ0v) is 16.2. The number of nitrogens with one attached hydrogen (secondary N) is 1. The van der Waals surface area contributed by atoms with E-state index >= 15 is 0 Å². The van der Waals surface area contributed by atoms with Gasteiger partial charge < -0.3 is 5.32 Å². The Morgan fingerprint density at radius 3 is 2.55 bits per heavy atom. The van der Waals surface area contributed by atoms with Gasteiger partial charge in [-0.1, -0.05) is 30.3 Å². The number of rotatable bonds is 6. The highest BCUT2D eigenvalue weighted by Gasteiger charge is 2.24. The number of likely N-dealkylation sites (tertiary alicyclic amines) is 1. The van der Waals surface area contributed by atoms with Crippen LogP contribution in [0.5, 0.6) is 0 Å². The average molecular weight is 389 g/mol. The van der Waals surface area contributed by atoms with Gasteiger partial charge in [-0.05, 0) is 67.9 Å². The second kappa shape index (κ2) is 8.97. The predicted molar refractivity (Wildman–Crippen MR) is 112 cm³/mol. The highest BCUT2D eigenvalue weighted by Crippen LogP contribution is 2.25. The van der Waals surface area contributed by atoms with E-state index < -0.39 is 0 Å². The lowest BCUT2D eigenvalue weighted by Gasteiger charge is -2.28. The second-order valence-corrected chi connectivity index (χ2v) is 7.32. The minimum Gasteiger partial charge on any atom is -0.350 e. The maximum atomic E-state index is 13.4.